The van der Waals surface area contributed by atoms with Gasteiger partial charge in [-0.25, -0.2) is 9.18 Å². The summed E-state index contributed by atoms with van der Waals surface area (Å²) in [6.07, 6.45) is 5.34. The highest BCUT2D eigenvalue weighted by Gasteiger charge is 2.36. The summed E-state index contributed by atoms with van der Waals surface area (Å²) in [4.78, 5) is 11.7. The summed E-state index contributed by atoms with van der Waals surface area (Å²) in [5.41, 5.74) is -0.465. The molecule has 0 bridgehead atoms. The van der Waals surface area contributed by atoms with Crippen LogP contribution in [-0.2, 0) is 4.74 Å². The summed E-state index contributed by atoms with van der Waals surface area (Å²) in [7, 11) is 0. The largest absolute Gasteiger partial charge is 0.444 e. The van der Waals surface area contributed by atoms with Crippen molar-refractivity contribution in [2.45, 2.75) is 77.5 Å². The van der Waals surface area contributed by atoms with Gasteiger partial charge in [0.15, 0.2) is 0 Å². The van der Waals surface area contributed by atoms with Gasteiger partial charge in [0.1, 0.15) is 11.8 Å². The monoisotopic (exact) mass is 338 g/mol. The van der Waals surface area contributed by atoms with E-state index in [1.807, 2.05) is 20.8 Å². The number of nitrogens with one attached hydrogen (secondary N) is 1. The quantitative estimate of drug-likeness (QED) is 0.818. The molecule has 2 saturated carbocycles. The number of hydrogen-bond donors (Lipinski definition) is 1. The van der Waals surface area contributed by atoms with E-state index < -0.39 is 17.7 Å². The topological polar surface area (TPSA) is 62.1 Å². The number of ether oxygens (including phenoxy) is 1. The van der Waals surface area contributed by atoms with Gasteiger partial charge in [-0.3, -0.25) is 0 Å². The molecular weight excluding hydrogens is 307 g/mol. The molecule has 2 fully saturated rings. The zero-order valence-electron chi connectivity index (χ0n) is 15.2. The van der Waals surface area contributed by atoms with Crippen LogP contribution in [0.1, 0.15) is 65.7 Å². The first-order valence-electron chi connectivity index (χ1n) is 9.29. The lowest BCUT2D eigenvalue weighted by Crippen LogP contribution is -2.37. The summed E-state index contributed by atoms with van der Waals surface area (Å²) in [6, 6.07) is 2.10. The summed E-state index contributed by atoms with van der Waals surface area (Å²) < 4.78 is 19.3. The van der Waals surface area contributed by atoms with Crippen molar-refractivity contribution in [3.05, 3.63) is 0 Å². The Bertz CT molecular complexity index is 461. The summed E-state index contributed by atoms with van der Waals surface area (Å²) >= 11 is 0. The molecule has 0 aliphatic heterocycles. The molecule has 0 aromatic rings. The van der Waals surface area contributed by atoms with Gasteiger partial charge in [0.25, 0.3) is 0 Å². The standard InChI is InChI=1S/C19H31FN2O2/c1-19(2,3)24-18(23)22-12-13-4-6-14(7-5-13)15-8-9-16(11-21)17(20)10-15/h13-17H,4-10,12H2,1-3H3,(H,22,23). The van der Waals surface area contributed by atoms with Crippen LogP contribution in [0.2, 0.25) is 0 Å². The van der Waals surface area contributed by atoms with Gasteiger partial charge < -0.3 is 10.1 Å². The average Bonchev–Trinajstić information content (AvgIpc) is 2.52. The van der Waals surface area contributed by atoms with Crippen LogP contribution in [0.5, 0.6) is 0 Å². The lowest BCUT2D eigenvalue weighted by molar-refractivity contribution is 0.0505. The number of hydrogen-bond acceptors (Lipinski definition) is 3. The van der Waals surface area contributed by atoms with Gasteiger partial charge in [-0.1, -0.05) is 0 Å². The van der Waals surface area contributed by atoms with Crippen molar-refractivity contribution in [1.29, 1.82) is 5.26 Å². The number of carbonyl (C=O) groups excluding carboxylic acids is 1. The van der Waals surface area contributed by atoms with E-state index >= 15 is 0 Å². The zero-order valence-corrected chi connectivity index (χ0v) is 15.2. The minimum atomic E-state index is -0.944. The number of alkyl halides is 1. The minimum Gasteiger partial charge on any atom is -0.444 e. The Labute approximate surface area is 145 Å². The van der Waals surface area contributed by atoms with E-state index in [0.29, 0.717) is 37.1 Å². The first-order valence-corrected chi connectivity index (χ1v) is 9.29. The van der Waals surface area contributed by atoms with Crippen LogP contribution in [0.25, 0.3) is 0 Å². The van der Waals surface area contributed by atoms with Crippen LogP contribution < -0.4 is 5.32 Å². The van der Waals surface area contributed by atoms with Crippen LogP contribution >= 0.6 is 0 Å². The molecule has 0 aromatic heterocycles. The van der Waals surface area contributed by atoms with Crippen molar-refractivity contribution in [2.24, 2.45) is 23.7 Å². The van der Waals surface area contributed by atoms with Crippen molar-refractivity contribution in [3.63, 3.8) is 0 Å². The minimum absolute atomic E-state index is 0.347. The molecule has 1 N–H and O–H groups in total. The van der Waals surface area contributed by atoms with Crippen LogP contribution in [0.3, 0.4) is 0 Å². The Morgan fingerprint density at radius 1 is 1.17 bits per heavy atom. The SMILES string of the molecule is CC(C)(C)OC(=O)NCC1CCC(C2CCC(C#N)C(F)C2)CC1. The molecule has 24 heavy (non-hydrogen) atoms. The first kappa shape index (κ1) is 19.0. The Morgan fingerprint density at radius 2 is 1.79 bits per heavy atom. The van der Waals surface area contributed by atoms with E-state index in [0.717, 1.165) is 32.1 Å². The molecule has 2 aliphatic carbocycles. The second-order valence-electron chi connectivity index (χ2n) is 8.49. The number of rotatable bonds is 3. The second kappa shape index (κ2) is 8.18. The highest BCUT2D eigenvalue weighted by atomic mass is 19.1. The molecule has 0 radical (unpaired) electrons. The molecule has 3 unspecified atom stereocenters. The predicted octanol–water partition coefficient (Wildman–Crippen LogP) is 4.60. The third kappa shape index (κ3) is 5.65. The van der Waals surface area contributed by atoms with Gasteiger partial charge in [-0.15, -0.1) is 0 Å². The Kier molecular flexibility index (Phi) is 6.48. The molecule has 5 heteroatoms. The predicted molar refractivity (Wildman–Crippen MR) is 91.0 cm³/mol. The molecule has 1 amide bonds. The highest BCUT2D eigenvalue weighted by Crippen LogP contribution is 2.42. The van der Waals surface area contributed by atoms with Crippen LogP contribution in [0, 0.1) is 35.0 Å². The highest BCUT2D eigenvalue weighted by molar-refractivity contribution is 5.67. The first-order chi connectivity index (χ1) is 11.3. The number of nitrogens with zero attached hydrogens (tertiary/aromatic N) is 1. The van der Waals surface area contributed by atoms with E-state index in [-0.39, 0.29) is 6.09 Å². The Hall–Kier alpha value is -1.31. The second-order valence-corrected chi connectivity index (χ2v) is 8.49. The van der Waals surface area contributed by atoms with E-state index in [9.17, 15) is 9.18 Å². The number of halogens is 1. The van der Waals surface area contributed by atoms with E-state index in [1.54, 1.807) is 0 Å². The average molecular weight is 338 g/mol. The van der Waals surface area contributed by atoms with E-state index in [1.165, 1.54) is 0 Å². The number of nitriles is 1. The van der Waals surface area contributed by atoms with Crippen molar-refractivity contribution in [1.82, 2.24) is 5.32 Å². The van der Waals surface area contributed by atoms with Gasteiger partial charge in [-0.2, -0.15) is 5.26 Å². The normalized spacial score (nSPS) is 34.2. The number of carbonyl (C=O) groups is 1. The van der Waals surface area contributed by atoms with Gasteiger partial charge in [0.05, 0.1) is 12.0 Å². The maximum Gasteiger partial charge on any atom is 0.407 e. The van der Waals surface area contributed by atoms with Crippen molar-refractivity contribution >= 4 is 6.09 Å². The summed E-state index contributed by atoms with van der Waals surface area (Å²) in [5.74, 6) is 1.12. The van der Waals surface area contributed by atoms with E-state index in [2.05, 4.69) is 11.4 Å². The third-order valence-electron chi connectivity index (χ3n) is 5.47. The molecule has 0 saturated heterocycles. The Morgan fingerprint density at radius 3 is 2.33 bits per heavy atom. The molecule has 2 rings (SSSR count). The summed E-state index contributed by atoms with van der Waals surface area (Å²) in [5, 5.41) is 11.8. The maximum atomic E-state index is 14.0. The van der Waals surface area contributed by atoms with Crippen LogP contribution in [0.4, 0.5) is 9.18 Å². The van der Waals surface area contributed by atoms with Gasteiger partial charge >= 0.3 is 6.09 Å². The molecule has 0 spiro atoms. The van der Waals surface area contributed by atoms with Crippen molar-refractivity contribution in [3.8, 4) is 6.07 Å². The van der Waals surface area contributed by atoms with Gasteiger partial charge in [-0.05, 0) is 83.5 Å². The molecule has 3 atom stereocenters. The fraction of sp³-hybridized carbons (Fsp3) is 0.895. The van der Waals surface area contributed by atoms with E-state index in [4.69, 9.17) is 10.00 Å². The fourth-order valence-electron chi connectivity index (χ4n) is 4.13. The molecule has 0 aromatic carbocycles. The smallest absolute Gasteiger partial charge is 0.407 e. The lowest BCUT2D eigenvalue weighted by Gasteiger charge is -2.38. The van der Waals surface area contributed by atoms with Gasteiger partial charge in [0.2, 0.25) is 0 Å². The third-order valence-corrected chi connectivity index (χ3v) is 5.47. The lowest BCUT2D eigenvalue weighted by atomic mass is 9.69. The van der Waals surface area contributed by atoms with Gasteiger partial charge in [0, 0.05) is 6.54 Å². The fourth-order valence-corrected chi connectivity index (χ4v) is 4.13. The van der Waals surface area contributed by atoms with Crippen molar-refractivity contribution in [2.75, 3.05) is 6.54 Å². The molecule has 0 heterocycles. The van der Waals surface area contributed by atoms with Crippen LogP contribution in [-0.4, -0.2) is 24.4 Å². The van der Waals surface area contributed by atoms with Crippen LogP contribution in [0.15, 0.2) is 0 Å². The Balaban J connectivity index is 1.69. The molecule has 136 valence electrons. The molecule has 2 aliphatic rings. The molecular formula is C19H31FN2O2. The van der Waals surface area contributed by atoms with Crippen molar-refractivity contribution < 1.29 is 13.9 Å². The zero-order chi connectivity index (χ0) is 17.7. The number of alkyl carbamates (subject to hydrolysis) is 1. The molecule has 4 nitrogen and oxygen atoms in total. The number of amides is 1. The summed E-state index contributed by atoms with van der Waals surface area (Å²) in [6.45, 7) is 6.24. The maximum absolute atomic E-state index is 14.0.